The Kier molecular flexibility index (Phi) is 3.59. The van der Waals surface area contributed by atoms with E-state index in [0.29, 0.717) is 24.3 Å². The van der Waals surface area contributed by atoms with Gasteiger partial charge in [0.1, 0.15) is 5.75 Å². The first kappa shape index (κ1) is 11.9. The van der Waals surface area contributed by atoms with Crippen LogP contribution in [0.5, 0.6) is 5.75 Å². The van der Waals surface area contributed by atoms with Crippen molar-refractivity contribution in [3.05, 3.63) is 42.0 Å². The number of Topliss-reactive ketones (excluding diaryl/α,β-unsaturated/α-hetero) is 1. The summed E-state index contributed by atoms with van der Waals surface area (Å²) in [7, 11) is 0. The smallest absolute Gasteiger partial charge is 0.173 e. The third kappa shape index (κ3) is 2.56. The zero-order valence-electron chi connectivity index (χ0n) is 9.93. The van der Waals surface area contributed by atoms with Gasteiger partial charge in [0.05, 0.1) is 12.2 Å². The molecule has 2 rings (SSSR count). The molecule has 0 saturated carbocycles. The number of carbonyl (C=O) groups is 1. The molecule has 2 atom stereocenters. The summed E-state index contributed by atoms with van der Waals surface area (Å²) >= 11 is 0. The predicted octanol–water partition coefficient (Wildman–Crippen LogP) is 2.17. The lowest BCUT2D eigenvalue weighted by molar-refractivity contribution is 0.0939. The summed E-state index contributed by atoms with van der Waals surface area (Å²) in [6.07, 6.45) is 4.49. The zero-order chi connectivity index (χ0) is 12.3. The Labute approximate surface area is 101 Å². The average Bonchev–Trinajstić information content (AvgIpc) is 2.76. The van der Waals surface area contributed by atoms with Crippen molar-refractivity contribution in [1.82, 2.24) is 0 Å². The molecule has 1 aliphatic rings. The highest BCUT2D eigenvalue weighted by molar-refractivity contribution is 6.01. The minimum atomic E-state index is -0.105. The van der Waals surface area contributed by atoms with Crippen LogP contribution in [0.2, 0.25) is 0 Å². The van der Waals surface area contributed by atoms with E-state index >= 15 is 0 Å². The molecule has 0 spiro atoms. The van der Waals surface area contributed by atoms with Crippen molar-refractivity contribution >= 4 is 5.78 Å². The normalized spacial score (nSPS) is 22.7. The number of carbonyl (C=O) groups excluding carboxylic acids is 1. The molecule has 0 aromatic heterocycles. The van der Waals surface area contributed by atoms with E-state index in [-0.39, 0.29) is 17.7 Å². The number of rotatable bonds is 4. The van der Waals surface area contributed by atoms with Crippen LogP contribution in [0, 0.1) is 5.92 Å². The standard InChI is InChI=1S/C14H17NO2/c1-2-17-13-6-4-3-5-12(13)14(16)10-7-8-11(15)9-10/h3-8,10-11H,2,9,15H2,1H3. The van der Waals surface area contributed by atoms with Crippen molar-refractivity contribution in [3.8, 4) is 5.75 Å². The predicted molar refractivity (Wildman–Crippen MR) is 67.2 cm³/mol. The van der Waals surface area contributed by atoms with E-state index < -0.39 is 0 Å². The minimum absolute atomic E-state index is 0.00297. The summed E-state index contributed by atoms with van der Waals surface area (Å²) in [5.74, 6) is 0.652. The van der Waals surface area contributed by atoms with Crippen LogP contribution in [-0.2, 0) is 0 Å². The Bertz CT molecular complexity index is 440. The summed E-state index contributed by atoms with van der Waals surface area (Å²) in [5.41, 5.74) is 6.42. The molecule has 90 valence electrons. The highest BCUT2D eigenvalue weighted by Gasteiger charge is 2.25. The van der Waals surface area contributed by atoms with Crippen LogP contribution in [0.1, 0.15) is 23.7 Å². The topological polar surface area (TPSA) is 52.3 Å². The molecule has 1 aliphatic carbocycles. The molecule has 2 N–H and O–H groups in total. The summed E-state index contributed by atoms with van der Waals surface area (Å²) in [6, 6.07) is 7.37. The Balaban J connectivity index is 2.22. The SMILES string of the molecule is CCOc1ccccc1C(=O)C1C=CC(N)C1. The van der Waals surface area contributed by atoms with Crippen LogP contribution in [0.3, 0.4) is 0 Å². The molecule has 1 aromatic carbocycles. The number of ether oxygens (including phenoxy) is 1. The van der Waals surface area contributed by atoms with Gasteiger partial charge in [0.15, 0.2) is 5.78 Å². The van der Waals surface area contributed by atoms with E-state index in [1.807, 2.05) is 43.3 Å². The van der Waals surface area contributed by atoms with E-state index in [1.54, 1.807) is 0 Å². The van der Waals surface area contributed by atoms with Crippen molar-refractivity contribution < 1.29 is 9.53 Å². The van der Waals surface area contributed by atoms with Gasteiger partial charge in [0.25, 0.3) is 0 Å². The molecule has 0 fully saturated rings. The number of benzene rings is 1. The Morgan fingerprint density at radius 2 is 2.18 bits per heavy atom. The first-order valence-corrected chi connectivity index (χ1v) is 5.92. The number of ketones is 1. The van der Waals surface area contributed by atoms with Gasteiger partial charge in [-0.15, -0.1) is 0 Å². The quantitative estimate of drug-likeness (QED) is 0.638. The third-order valence-electron chi connectivity index (χ3n) is 2.91. The van der Waals surface area contributed by atoms with Crippen LogP contribution in [0.4, 0.5) is 0 Å². The van der Waals surface area contributed by atoms with Crippen LogP contribution in [-0.4, -0.2) is 18.4 Å². The van der Waals surface area contributed by atoms with Crippen molar-refractivity contribution in [2.45, 2.75) is 19.4 Å². The van der Waals surface area contributed by atoms with Gasteiger partial charge in [-0.1, -0.05) is 24.3 Å². The van der Waals surface area contributed by atoms with E-state index in [1.165, 1.54) is 0 Å². The molecule has 3 heteroatoms. The molecule has 1 aromatic rings. The average molecular weight is 231 g/mol. The van der Waals surface area contributed by atoms with Gasteiger partial charge in [0, 0.05) is 12.0 Å². The maximum Gasteiger partial charge on any atom is 0.173 e. The first-order valence-electron chi connectivity index (χ1n) is 5.92. The molecule has 2 unspecified atom stereocenters. The number of nitrogens with two attached hydrogens (primary N) is 1. The monoisotopic (exact) mass is 231 g/mol. The fourth-order valence-electron chi connectivity index (χ4n) is 2.07. The highest BCUT2D eigenvalue weighted by atomic mass is 16.5. The van der Waals surface area contributed by atoms with E-state index in [2.05, 4.69) is 0 Å². The molecule has 0 radical (unpaired) electrons. The Morgan fingerprint density at radius 1 is 1.41 bits per heavy atom. The number of hydrogen-bond acceptors (Lipinski definition) is 3. The van der Waals surface area contributed by atoms with Crippen molar-refractivity contribution in [2.24, 2.45) is 11.7 Å². The molecule has 0 bridgehead atoms. The fourth-order valence-corrected chi connectivity index (χ4v) is 2.07. The number of para-hydroxylation sites is 1. The van der Waals surface area contributed by atoms with Crippen LogP contribution in [0.25, 0.3) is 0 Å². The second-order valence-corrected chi connectivity index (χ2v) is 4.18. The summed E-state index contributed by atoms with van der Waals surface area (Å²) in [6.45, 7) is 2.47. The molecule has 17 heavy (non-hydrogen) atoms. The molecule has 0 heterocycles. The first-order chi connectivity index (χ1) is 8.22. The minimum Gasteiger partial charge on any atom is -0.493 e. The van der Waals surface area contributed by atoms with Gasteiger partial charge < -0.3 is 10.5 Å². The Morgan fingerprint density at radius 3 is 2.82 bits per heavy atom. The van der Waals surface area contributed by atoms with E-state index in [4.69, 9.17) is 10.5 Å². The van der Waals surface area contributed by atoms with E-state index in [9.17, 15) is 4.79 Å². The van der Waals surface area contributed by atoms with Gasteiger partial charge in [-0.3, -0.25) is 4.79 Å². The van der Waals surface area contributed by atoms with Gasteiger partial charge in [-0.05, 0) is 25.5 Å². The van der Waals surface area contributed by atoms with Crippen LogP contribution >= 0.6 is 0 Å². The van der Waals surface area contributed by atoms with Crippen LogP contribution in [0.15, 0.2) is 36.4 Å². The lowest BCUT2D eigenvalue weighted by atomic mass is 9.96. The molecule has 0 aliphatic heterocycles. The van der Waals surface area contributed by atoms with Crippen LogP contribution < -0.4 is 10.5 Å². The zero-order valence-corrected chi connectivity index (χ0v) is 9.93. The van der Waals surface area contributed by atoms with Gasteiger partial charge >= 0.3 is 0 Å². The lowest BCUT2D eigenvalue weighted by Crippen LogP contribution is -2.19. The highest BCUT2D eigenvalue weighted by Crippen LogP contribution is 2.26. The van der Waals surface area contributed by atoms with Gasteiger partial charge in [0.2, 0.25) is 0 Å². The Hall–Kier alpha value is -1.61. The van der Waals surface area contributed by atoms with Gasteiger partial charge in [-0.2, -0.15) is 0 Å². The molecule has 3 nitrogen and oxygen atoms in total. The molecular weight excluding hydrogens is 214 g/mol. The number of allylic oxidation sites excluding steroid dienone is 1. The fraction of sp³-hybridized carbons (Fsp3) is 0.357. The third-order valence-corrected chi connectivity index (χ3v) is 2.91. The second-order valence-electron chi connectivity index (χ2n) is 4.18. The maximum absolute atomic E-state index is 12.3. The largest absolute Gasteiger partial charge is 0.493 e. The molecule has 0 amide bonds. The van der Waals surface area contributed by atoms with E-state index in [0.717, 1.165) is 0 Å². The van der Waals surface area contributed by atoms with Crippen molar-refractivity contribution in [1.29, 1.82) is 0 Å². The van der Waals surface area contributed by atoms with Crippen molar-refractivity contribution in [3.63, 3.8) is 0 Å². The van der Waals surface area contributed by atoms with Crippen molar-refractivity contribution in [2.75, 3.05) is 6.61 Å². The summed E-state index contributed by atoms with van der Waals surface area (Å²) < 4.78 is 5.47. The molecule has 0 saturated heterocycles. The lowest BCUT2D eigenvalue weighted by Gasteiger charge is -2.12. The van der Waals surface area contributed by atoms with Gasteiger partial charge in [-0.25, -0.2) is 0 Å². The second kappa shape index (κ2) is 5.15. The maximum atomic E-state index is 12.3. The number of hydrogen-bond donors (Lipinski definition) is 1. The summed E-state index contributed by atoms with van der Waals surface area (Å²) in [4.78, 5) is 12.3. The molecular formula is C14H17NO2. The summed E-state index contributed by atoms with van der Waals surface area (Å²) in [5, 5.41) is 0.